The summed E-state index contributed by atoms with van der Waals surface area (Å²) in [7, 11) is 0. The number of likely N-dealkylation sites (tertiary alicyclic amines) is 2. The van der Waals surface area contributed by atoms with Crippen molar-refractivity contribution in [2.45, 2.75) is 127 Å². The summed E-state index contributed by atoms with van der Waals surface area (Å²) < 4.78 is 69.8. The summed E-state index contributed by atoms with van der Waals surface area (Å²) in [6.45, 7) is 10.6. The molecule has 2 spiro atoms. The van der Waals surface area contributed by atoms with Crippen molar-refractivity contribution in [2.24, 2.45) is 16.2 Å². The van der Waals surface area contributed by atoms with Gasteiger partial charge in [-0.1, -0.05) is 13.0 Å². The van der Waals surface area contributed by atoms with Gasteiger partial charge in [0.1, 0.15) is 40.2 Å². The number of carbonyl (C=O) groups is 2. The first-order valence-corrected chi connectivity index (χ1v) is 27.7. The van der Waals surface area contributed by atoms with Gasteiger partial charge in [0, 0.05) is 98.8 Å². The van der Waals surface area contributed by atoms with Gasteiger partial charge in [-0.25, -0.2) is 17.6 Å². The van der Waals surface area contributed by atoms with E-state index < -0.39 is 35.2 Å². The molecule has 75 heavy (non-hydrogen) atoms. The molecule has 2 aromatic heterocycles. The lowest BCUT2D eigenvalue weighted by Gasteiger charge is -2.58. The maximum atomic E-state index is 17.2. The number of fused-ring (bicyclic) bond motifs is 4. The second-order valence-electron chi connectivity index (χ2n) is 24.0. The van der Waals surface area contributed by atoms with Crippen LogP contribution in [0.5, 0.6) is 11.8 Å². The predicted molar refractivity (Wildman–Crippen MR) is 278 cm³/mol. The smallest absolute Gasteiger partial charge is 0.319 e. The maximum Gasteiger partial charge on any atom is 0.319 e. The molecule has 2 amide bonds. The molecule has 6 aliphatic heterocycles. The van der Waals surface area contributed by atoms with Crippen LogP contribution in [0.4, 0.5) is 29.1 Å². The first kappa shape index (κ1) is 49.0. The van der Waals surface area contributed by atoms with Crippen LogP contribution in [-0.2, 0) is 16.0 Å². The highest BCUT2D eigenvalue weighted by molar-refractivity contribution is 6.02. The van der Waals surface area contributed by atoms with Gasteiger partial charge in [0.05, 0.1) is 17.9 Å². The predicted octanol–water partition coefficient (Wildman–Crippen LogP) is 8.92. The van der Waals surface area contributed by atoms with Crippen molar-refractivity contribution >= 4 is 45.0 Å². The number of hydrogen-bond acceptors (Lipinski definition) is 12. The molecule has 5 aromatic rings. The molecule has 3 atom stereocenters. The number of nitrogens with zero attached hydrogens (tertiary/aromatic N) is 7. The summed E-state index contributed by atoms with van der Waals surface area (Å²) in [5.74, 6) is -4.00. The molecule has 8 aliphatic rings. The fraction of sp³-hybridized carbons (Fsp3) is 0.569. The number of pyridine rings is 1. The van der Waals surface area contributed by atoms with E-state index in [1.54, 1.807) is 18.3 Å². The Morgan fingerprint density at radius 2 is 1.49 bits per heavy atom. The van der Waals surface area contributed by atoms with E-state index in [9.17, 15) is 14.7 Å². The number of aromatic nitrogens is 3. The van der Waals surface area contributed by atoms with Gasteiger partial charge in [0.15, 0.2) is 5.82 Å². The zero-order valence-electron chi connectivity index (χ0n) is 42.8. The molecule has 17 heteroatoms. The number of aryl methyl sites for hydroxylation is 1. The minimum atomic E-state index is -0.997. The monoisotopic (exact) mass is 1030 g/mol. The van der Waals surface area contributed by atoms with E-state index in [1.165, 1.54) is 62.8 Å². The largest absolute Gasteiger partial charge is 0.508 e. The standard InChI is InChI=1S/C58H67F4N9O4/c1-2-40-44(59)7-3-34-23-39(72)26-42(48(34)40)51-50(62)52-43(27-63-51)53(70-28-35-4-5-36(29-70)64-35)67-55(66-52)75-33-58(13-14-58)30-68-19-15-57(16-20-68)31-71(32-57)37-9-11-56(12-10-37)17-21-69(22-18-56)38-24-45(60)49(46(61)25-38)41-6-8-47(73)65-54(41)74/h3,7,23-27,35-37,41,64,72H,2,4-6,8-22,28-33H2,1H3,(H,65,73,74). The van der Waals surface area contributed by atoms with Gasteiger partial charge in [0.25, 0.3) is 0 Å². The van der Waals surface area contributed by atoms with Crippen molar-refractivity contribution in [1.82, 2.24) is 35.4 Å². The van der Waals surface area contributed by atoms with Gasteiger partial charge in [0.2, 0.25) is 11.8 Å². The van der Waals surface area contributed by atoms with Crippen molar-refractivity contribution in [1.29, 1.82) is 0 Å². The maximum absolute atomic E-state index is 17.2. The van der Waals surface area contributed by atoms with Gasteiger partial charge >= 0.3 is 6.01 Å². The van der Waals surface area contributed by atoms with Crippen molar-refractivity contribution in [2.75, 3.05) is 75.3 Å². The van der Waals surface area contributed by atoms with Crippen molar-refractivity contribution in [3.63, 3.8) is 0 Å². The number of benzene rings is 3. The van der Waals surface area contributed by atoms with Crippen molar-refractivity contribution in [3.05, 3.63) is 77.0 Å². The molecule has 396 valence electrons. The quantitative estimate of drug-likeness (QED) is 0.0861. The number of phenolic OH excluding ortho intramolecular Hbond substituents is 1. The van der Waals surface area contributed by atoms with Crippen LogP contribution < -0.4 is 25.2 Å². The van der Waals surface area contributed by atoms with Crippen LogP contribution in [0.1, 0.15) is 114 Å². The van der Waals surface area contributed by atoms with Crippen molar-refractivity contribution in [3.8, 4) is 23.0 Å². The lowest BCUT2D eigenvalue weighted by molar-refractivity contribution is -0.134. The average molecular weight is 1030 g/mol. The molecule has 6 saturated heterocycles. The number of aromatic hydroxyl groups is 1. The van der Waals surface area contributed by atoms with Crippen molar-refractivity contribution < 1.29 is 37.0 Å². The third-order valence-electron chi connectivity index (χ3n) is 19.3. The molecule has 8 heterocycles. The Kier molecular flexibility index (Phi) is 12.3. The molecule has 2 aliphatic carbocycles. The third kappa shape index (κ3) is 9.05. The normalized spacial score (nSPS) is 25.6. The fourth-order valence-electron chi connectivity index (χ4n) is 14.7. The molecule has 8 fully saturated rings. The molecule has 2 bridgehead atoms. The Balaban J connectivity index is 0.624. The molecule has 3 N–H and O–H groups in total. The third-order valence-corrected chi connectivity index (χ3v) is 19.3. The minimum Gasteiger partial charge on any atom is -0.508 e. The van der Waals surface area contributed by atoms with Crippen LogP contribution in [0.15, 0.2) is 42.6 Å². The summed E-state index contributed by atoms with van der Waals surface area (Å²) >= 11 is 0. The number of ether oxygens (including phenoxy) is 1. The molecule has 13 nitrogen and oxygen atoms in total. The van der Waals surface area contributed by atoms with Gasteiger partial charge in [-0.05, 0) is 160 Å². The summed E-state index contributed by atoms with van der Waals surface area (Å²) in [5, 5.41) is 18.3. The van der Waals surface area contributed by atoms with Gasteiger partial charge in [-0.15, -0.1) is 0 Å². The first-order chi connectivity index (χ1) is 36.2. The summed E-state index contributed by atoms with van der Waals surface area (Å²) in [6.07, 6.45) is 15.5. The van der Waals surface area contributed by atoms with E-state index in [1.807, 2.05) is 6.92 Å². The van der Waals surface area contributed by atoms with Gasteiger partial charge < -0.3 is 29.9 Å². The Morgan fingerprint density at radius 1 is 0.787 bits per heavy atom. The second-order valence-corrected chi connectivity index (χ2v) is 24.0. The van der Waals surface area contributed by atoms with Crippen LogP contribution in [0.3, 0.4) is 0 Å². The van der Waals surface area contributed by atoms with E-state index >= 15 is 17.6 Å². The fourth-order valence-corrected chi connectivity index (χ4v) is 14.7. The molecule has 2 saturated carbocycles. The molecule has 13 rings (SSSR count). The number of amides is 2. The van der Waals surface area contributed by atoms with Crippen LogP contribution in [0.25, 0.3) is 32.9 Å². The Bertz CT molecular complexity index is 3050. The summed E-state index contributed by atoms with van der Waals surface area (Å²) in [4.78, 5) is 48.1. The van der Waals surface area contributed by atoms with E-state index in [2.05, 4.69) is 35.2 Å². The number of rotatable bonds is 11. The molecular formula is C58H67F4N9O4. The number of carbonyl (C=O) groups excluding carboxylic acids is 2. The highest BCUT2D eigenvalue weighted by Crippen LogP contribution is 2.52. The molecule has 3 aromatic carbocycles. The number of nitrogens with one attached hydrogen (secondary N) is 2. The Labute approximate surface area is 434 Å². The van der Waals surface area contributed by atoms with Crippen LogP contribution in [0.2, 0.25) is 0 Å². The van der Waals surface area contributed by atoms with Gasteiger partial charge in [-0.2, -0.15) is 9.97 Å². The number of halogens is 4. The zero-order valence-corrected chi connectivity index (χ0v) is 42.8. The zero-order chi connectivity index (χ0) is 51.4. The average Bonchev–Trinajstić information content (AvgIpc) is 4.09. The lowest BCUT2D eigenvalue weighted by Crippen LogP contribution is -2.63. The minimum absolute atomic E-state index is 0.00760. The van der Waals surface area contributed by atoms with Crippen LogP contribution in [0, 0.1) is 39.5 Å². The van der Waals surface area contributed by atoms with Crippen LogP contribution in [-0.4, -0.2) is 125 Å². The van der Waals surface area contributed by atoms with E-state index in [0.717, 1.165) is 97.4 Å². The molecule has 3 unspecified atom stereocenters. The van der Waals surface area contributed by atoms with Gasteiger partial charge in [-0.3, -0.25) is 24.8 Å². The summed E-state index contributed by atoms with van der Waals surface area (Å²) in [6, 6.07) is 10.1. The highest BCUT2D eigenvalue weighted by atomic mass is 19.1. The number of piperazine rings is 1. The van der Waals surface area contributed by atoms with E-state index in [0.29, 0.717) is 75.4 Å². The topological polar surface area (TPSA) is 139 Å². The Morgan fingerprint density at radius 3 is 2.17 bits per heavy atom. The number of hydrogen-bond donors (Lipinski definition) is 3. The lowest BCUT2D eigenvalue weighted by atomic mass is 9.65. The molecular weight excluding hydrogens is 963 g/mol. The number of imide groups is 1. The number of anilines is 2. The highest BCUT2D eigenvalue weighted by Gasteiger charge is 2.51. The Hall–Kier alpha value is -5.65. The second kappa shape index (κ2) is 18.8. The summed E-state index contributed by atoms with van der Waals surface area (Å²) in [5.41, 5.74) is 1.73. The van der Waals surface area contributed by atoms with Crippen LogP contribution >= 0.6 is 0 Å². The molecule has 0 radical (unpaired) electrons. The number of piperidine rings is 3. The first-order valence-electron chi connectivity index (χ1n) is 27.7. The number of phenols is 1. The SMILES string of the molecule is CCc1c(F)ccc2cc(O)cc(-c3ncc4c(N5CC6CCC(C5)N6)nc(OCC5(CN6CCC7(CC6)CN(C6CCC8(CC6)CCN(c6cc(F)c(C9CCC(=O)NC9=O)c(F)c6)CC8)C7)CC5)nc4c3F)c12. The van der Waals surface area contributed by atoms with E-state index in [4.69, 9.17) is 14.7 Å². The van der Waals surface area contributed by atoms with E-state index in [-0.39, 0.29) is 58.0 Å².